The zero-order valence-electron chi connectivity index (χ0n) is 10.2. The SMILES string of the molecule is O=c1[nH]cnc(OC2CCCc3ccccc32)c1Br. The lowest BCUT2D eigenvalue weighted by molar-refractivity contribution is 0.174. The van der Waals surface area contributed by atoms with Crippen LogP contribution in [0.1, 0.15) is 30.1 Å². The van der Waals surface area contributed by atoms with Gasteiger partial charge in [0.05, 0.1) is 6.33 Å². The molecule has 98 valence electrons. The van der Waals surface area contributed by atoms with Crippen LogP contribution in [0.5, 0.6) is 5.88 Å². The Morgan fingerprint density at radius 3 is 3.11 bits per heavy atom. The summed E-state index contributed by atoms with van der Waals surface area (Å²) >= 11 is 3.22. The lowest BCUT2D eigenvalue weighted by Gasteiger charge is -2.25. The molecular weight excluding hydrogens is 308 g/mol. The normalized spacial score (nSPS) is 17.8. The molecule has 0 aliphatic heterocycles. The third-order valence-corrected chi connectivity index (χ3v) is 4.03. The predicted molar refractivity (Wildman–Crippen MR) is 75.3 cm³/mol. The Morgan fingerprint density at radius 2 is 2.21 bits per heavy atom. The van der Waals surface area contributed by atoms with Gasteiger partial charge in [-0.25, -0.2) is 4.98 Å². The summed E-state index contributed by atoms with van der Waals surface area (Å²) in [5, 5.41) is 0. The van der Waals surface area contributed by atoms with E-state index in [1.807, 2.05) is 12.1 Å². The van der Waals surface area contributed by atoms with E-state index in [9.17, 15) is 4.79 Å². The Bertz CT molecular complexity index is 654. The molecule has 1 N–H and O–H groups in total. The smallest absolute Gasteiger partial charge is 0.268 e. The first kappa shape index (κ1) is 12.4. The van der Waals surface area contributed by atoms with Crippen LogP contribution in [0.15, 0.2) is 39.9 Å². The van der Waals surface area contributed by atoms with Crippen LogP contribution in [0.3, 0.4) is 0 Å². The molecule has 19 heavy (non-hydrogen) atoms. The van der Waals surface area contributed by atoms with Crippen molar-refractivity contribution in [2.24, 2.45) is 0 Å². The van der Waals surface area contributed by atoms with Gasteiger partial charge in [-0.3, -0.25) is 4.79 Å². The van der Waals surface area contributed by atoms with E-state index in [4.69, 9.17) is 4.74 Å². The van der Waals surface area contributed by atoms with E-state index in [-0.39, 0.29) is 11.7 Å². The molecule has 0 spiro atoms. The second kappa shape index (κ2) is 5.17. The van der Waals surface area contributed by atoms with Crippen molar-refractivity contribution in [3.05, 3.63) is 56.5 Å². The largest absolute Gasteiger partial charge is 0.468 e. The maximum Gasteiger partial charge on any atom is 0.268 e. The first-order chi connectivity index (χ1) is 9.25. The van der Waals surface area contributed by atoms with Crippen molar-refractivity contribution >= 4 is 15.9 Å². The summed E-state index contributed by atoms with van der Waals surface area (Å²) in [7, 11) is 0. The standard InChI is InChI=1S/C14H13BrN2O2/c15-12-13(18)16-8-17-14(12)19-11-7-3-5-9-4-1-2-6-10(9)11/h1-2,4,6,8,11H,3,5,7H2,(H,16,17,18). The molecule has 0 fully saturated rings. The highest BCUT2D eigenvalue weighted by Gasteiger charge is 2.22. The highest BCUT2D eigenvalue weighted by Crippen LogP contribution is 2.34. The number of hydrogen-bond acceptors (Lipinski definition) is 3. The molecule has 3 rings (SSSR count). The highest BCUT2D eigenvalue weighted by molar-refractivity contribution is 9.10. The van der Waals surface area contributed by atoms with Crippen molar-refractivity contribution in [2.75, 3.05) is 0 Å². The molecule has 1 aliphatic rings. The molecule has 0 bridgehead atoms. The number of benzene rings is 1. The molecule has 4 nitrogen and oxygen atoms in total. The van der Waals surface area contributed by atoms with Crippen molar-refractivity contribution in [3.63, 3.8) is 0 Å². The van der Waals surface area contributed by atoms with Crippen molar-refractivity contribution in [1.29, 1.82) is 0 Å². The zero-order chi connectivity index (χ0) is 13.2. The zero-order valence-corrected chi connectivity index (χ0v) is 11.8. The number of nitrogens with zero attached hydrogens (tertiary/aromatic N) is 1. The van der Waals surface area contributed by atoms with Crippen molar-refractivity contribution in [2.45, 2.75) is 25.4 Å². The molecular formula is C14H13BrN2O2. The van der Waals surface area contributed by atoms with Gasteiger partial charge in [-0.15, -0.1) is 0 Å². The van der Waals surface area contributed by atoms with E-state index in [1.54, 1.807) is 0 Å². The number of hydrogen-bond donors (Lipinski definition) is 1. The van der Waals surface area contributed by atoms with Gasteiger partial charge in [0.25, 0.3) is 5.56 Å². The van der Waals surface area contributed by atoms with Gasteiger partial charge in [0.1, 0.15) is 10.6 Å². The third kappa shape index (κ3) is 2.42. The van der Waals surface area contributed by atoms with Gasteiger partial charge in [-0.05, 0) is 46.3 Å². The molecule has 1 aliphatic carbocycles. The molecule has 1 atom stereocenters. The predicted octanol–water partition coefficient (Wildman–Crippen LogP) is 2.99. The van der Waals surface area contributed by atoms with Gasteiger partial charge in [0, 0.05) is 0 Å². The quantitative estimate of drug-likeness (QED) is 0.925. The maximum atomic E-state index is 11.5. The lowest BCUT2D eigenvalue weighted by Crippen LogP contribution is -2.18. The van der Waals surface area contributed by atoms with Gasteiger partial charge >= 0.3 is 0 Å². The summed E-state index contributed by atoms with van der Waals surface area (Å²) in [6, 6.07) is 8.27. The van der Waals surface area contributed by atoms with Gasteiger partial charge in [0.2, 0.25) is 5.88 Å². The third-order valence-electron chi connectivity index (χ3n) is 3.33. The van der Waals surface area contributed by atoms with Gasteiger partial charge < -0.3 is 9.72 Å². The highest BCUT2D eigenvalue weighted by atomic mass is 79.9. The number of rotatable bonds is 2. The minimum atomic E-state index is -0.228. The monoisotopic (exact) mass is 320 g/mol. The Kier molecular flexibility index (Phi) is 3.38. The Balaban J connectivity index is 1.93. The summed E-state index contributed by atoms with van der Waals surface area (Å²) in [4.78, 5) is 18.1. The average Bonchev–Trinajstić information content (AvgIpc) is 2.44. The van der Waals surface area contributed by atoms with Crippen LogP contribution in [0.2, 0.25) is 0 Å². The molecule has 1 heterocycles. The Morgan fingerprint density at radius 1 is 1.37 bits per heavy atom. The second-order valence-corrected chi connectivity index (χ2v) is 5.34. The summed E-state index contributed by atoms with van der Waals surface area (Å²) in [5.74, 6) is 0.352. The fraction of sp³-hybridized carbons (Fsp3) is 0.286. The van der Waals surface area contributed by atoms with Crippen molar-refractivity contribution in [3.8, 4) is 5.88 Å². The van der Waals surface area contributed by atoms with E-state index < -0.39 is 0 Å². The van der Waals surface area contributed by atoms with Crippen LogP contribution in [0, 0.1) is 0 Å². The summed E-state index contributed by atoms with van der Waals surface area (Å²) < 4.78 is 6.26. The van der Waals surface area contributed by atoms with E-state index >= 15 is 0 Å². The van der Waals surface area contributed by atoms with Crippen LogP contribution in [0.4, 0.5) is 0 Å². The maximum absolute atomic E-state index is 11.5. The first-order valence-corrected chi connectivity index (χ1v) is 7.02. The minimum absolute atomic E-state index is 0.0319. The summed E-state index contributed by atoms with van der Waals surface area (Å²) in [6.07, 6.45) is 4.44. The molecule has 0 saturated heterocycles. The van der Waals surface area contributed by atoms with Crippen LogP contribution in [-0.2, 0) is 6.42 Å². The molecule has 0 amide bonds. The minimum Gasteiger partial charge on any atom is -0.468 e. The topological polar surface area (TPSA) is 55.0 Å². The number of nitrogens with one attached hydrogen (secondary N) is 1. The van der Waals surface area contributed by atoms with Crippen LogP contribution in [-0.4, -0.2) is 9.97 Å². The molecule has 1 aromatic carbocycles. The second-order valence-electron chi connectivity index (χ2n) is 4.55. The van der Waals surface area contributed by atoms with Crippen LogP contribution >= 0.6 is 15.9 Å². The van der Waals surface area contributed by atoms with E-state index in [0.29, 0.717) is 10.4 Å². The van der Waals surface area contributed by atoms with Crippen LogP contribution < -0.4 is 10.3 Å². The Labute approximate surface area is 119 Å². The van der Waals surface area contributed by atoms with Crippen molar-refractivity contribution in [1.82, 2.24) is 9.97 Å². The number of ether oxygens (including phenoxy) is 1. The number of aryl methyl sites for hydroxylation is 1. The van der Waals surface area contributed by atoms with Crippen molar-refractivity contribution < 1.29 is 4.74 Å². The van der Waals surface area contributed by atoms with E-state index in [0.717, 1.165) is 19.3 Å². The molecule has 0 saturated carbocycles. The number of fused-ring (bicyclic) bond motifs is 1. The molecule has 0 radical (unpaired) electrons. The molecule has 1 unspecified atom stereocenters. The van der Waals surface area contributed by atoms with E-state index in [2.05, 4.69) is 38.0 Å². The number of aromatic amines is 1. The number of halogens is 1. The van der Waals surface area contributed by atoms with Gasteiger partial charge in [-0.1, -0.05) is 24.3 Å². The van der Waals surface area contributed by atoms with Gasteiger partial charge in [0.15, 0.2) is 0 Å². The number of aromatic nitrogens is 2. The van der Waals surface area contributed by atoms with Crippen LogP contribution in [0.25, 0.3) is 0 Å². The fourth-order valence-corrected chi connectivity index (χ4v) is 2.73. The average molecular weight is 321 g/mol. The lowest BCUT2D eigenvalue weighted by atomic mass is 9.89. The molecule has 2 aromatic rings. The Hall–Kier alpha value is -1.62. The summed E-state index contributed by atoms with van der Waals surface area (Å²) in [5.41, 5.74) is 2.29. The fourth-order valence-electron chi connectivity index (χ4n) is 2.42. The molecule has 5 heteroatoms. The van der Waals surface area contributed by atoms with Gasteiger partial charge in [-0.2, -0.15) is 0 Å². The molecule has 1 aromatic heterocycles. The number of H-pyrrole nitrogens is 1. The summed E-state index contributed by atoms with van der Waals surface area (Å²) in [6.45, 7) is 0. The van der Waals surface area contributed by atoms with E-state index in [1.165, 1.54) is 17.5 Å². The first-order valence-electron chi connectivity index (χ1n) is 6.23.